The SMILES string of the molecule is CN1C(=O)c2ccc(S(=O)(=O)N3CCC(N)C(C)(C)C3)cc2C1=O. The molecule has 7 nitrogen and oxygen atoms in total. The van der Waals surface area contributed by atoms with Crippen LogP contribution in [0.1, 0.15) is 41.0 Å². The molecule has 2 aliphatic heterocycles. The fourth-order valence-corrected chi connectivity index (χ4v) is 4.83. The minimum atomic E-state index is -3.74. The monoisotopic (exact) mass is 351 g/mol. The van der Waals surface area contributed by atoms with Crippen LogP contribution in [0.2, 0.25) is 0 Å². The van der Waals surface area contributed by atoms with Gasteiger partial charge >= 0.3 is 0 Å². The van der Waals surface area contributed by atoms with Gasteiger partial charge in [0, 0.05) is 26.2 Å². The third-order valence-electron chi connectivity index (χ3n) is 4.98. The summed E-state index contributed by atoms with van der Waals surface area (Å²) in [4.78, 5) is 25.0. The first-order valence-electron chi connectivity index (χ1n) is 7.78. The summed E-state index contributed by atoms with van der Waals surface area (Å²) >= 11 is 0. The normalized spacial score (nSPS) is 24.3. The van der Waals surface area contributed by atoms with Gasteiger partial charge in [0.05, 0.1) is 16.0 Å². The van der Waals surface area contributed by atoms with Crippen LogP contribution in [-0.2, 0) is 10.0 Å². The Hall–Kier alpha value is -1.77. The van der Waals surface area contributed by atoms with Crippen LogP contribution in [0.4, 0.5) is 0 Å². The number of hydrogen-bond donors (Lipinski definition) is 1. The number of amides is 2. The number of nitrogens with zero attached hydrogens (tertiary/aromatic N) is 2. The number of sulfonamides is 1. The molecule has 130 valence electrons. The predicted octanol–water partition coefficient (Wildman–Crippen LogP) is 0.660. The molecule has 0 radical (unpaired) electrons. The Morgan fingerprint density at radius 2 is 1.79 bits per heavy atom. The second kappa shape index (κ2) is 5.37. The lowest BCUT2D eigenvalue weighted by atomic mass is 9.81. The molecular formula is C16H21N3O4S. The molecule has 1 saturated heterocycles. The third-order valence-corrected chi connectivity index (χ3v) is 6.82. The number of hydrogen-bond acceptors (Lipinski definition) is 5. The van der Waals surface area contributed by atoms with Crippen molar-refractivity contribution in [1.82, 2.24) is 9.21 Å². The zero-order valence-electron chi connectivity index (χ0n) is 13.9. The van der Waals surface area contributed by atoms with Crippen molar-refractivity contribution in [3.8, 4) is 0 Å². The van der Waals surface area contributed by atoms with E-state index in [1.807, 2.05) is 13.8 Å². The van der Waals surface area contributed by atoms with Crippen LogP contribution < -0.4 is 5.73 Å². The van der Waals surface area contributed by atoms with Crippen molar-refractivity contribution in [3.63, 3.8) is 0 Å². The van der Waals surface area contributed by atoms with Crippen LogP contribution in [0, 0.1) is 5.41 Å². The Labute approximate surface area is 141 Å². The van der Waals surface area contributed by atoms with Crippen LogP contribution >= 0.6 is 0 Å². The first kappa shape index (κ1) is 17.1. The molecule has 0 aliphatic carbocycles. The maximum absolute atomic E-state index is 12.9. The summed E-state index contributed by atoms with van der Waals surface area (Å²) in [6, 6.07) is 4.04. The lowest BCUT2D eigenvalue weighted by molar-refractivity contribution is 0.0693. The van der Waals surface area contributed by atoms with Gasteiger partial charge < -0.3 is 5.73 Å². The Bertz CT molecular complexity index is 832. The van der Waals surface area contributed by atoms with Crippen molar-refractivity contribution in [2.24, 2.45) is 11.1 Å². The van der Waals surface area contributed by atoms with Gasteiger partial charge in [0.25, 0.3) is 11.8 Å². The Balaban J connectivity index is 1.98. The highest BCUT2D eigenvalue weighted by Gasteiger charge is 2.40. The Kier molecular flexibility index (Phi) is 3.82. The largest absolute Gasteiger partial charge is 0.327 e. The van der Waals surface area contributed by atoms with Gasteiger partial charge in [-0.15, -0.1) is 0 Å². The van der Waals surface area contributed by atoms with E-state index < -0.39 is 21.8 Å². The van der Waals surface area contributed by atoms with Crippen LogP contribution in [0.5, 0.6) is 0 Å². The van der Waals surface area contributed by atoms with E-state index in [1.54, 1.807) is 0 Å². The van der Waals surface area contributed by atoms with E-state index >= 15 is 0 Å². The van der Waals surface area contributed by atoms with Gasteiger partial charge in [-0.05, 0) is 30.0 Å². The van der Waals surface area contributed by atoms with E-state index in [4.69, 9.17) is 5.73 Å². The molecule has 1 fully saturated rings. The highest BCUT2D eigenvalue weighted by Crippen LogP contribution is 2.32. The van der Waals surface area contributed by atoms with E-state index in [-0.39, 0.29) is 27.5 Å². The second-order valence-electron chi connectivity index (χ2n) is 7.10. The van der Waals surface area contributed by atoms with E-state index in [0.29, 0.717) is 19.5 Å². The number of rotatable bonds is 2. The number of piperidine rings is 1. The molecule has 0 bridgehead atoms. The summed E-state index contributed by atoms with van der Waals surface area (Å²) in [7, 11) is -2.36. The topological polar surface area (TPSA) is 101 Å². The van der Waals surface area contributed by atoms with E-state index in [9.17, 15) is 18.0 Å². The quantitative estimate of drug-likeness (QED) is 0.789. The number of nitrogens with two attached hydrogens (primary N) is 1. The summed E-state index contributed by atoms with van der Waals surface area (Å²) in [5.41, 5.74) is 6.12. The van der Waals surface area contributed by atoms with Crippen molar-refractivity contribution in [3.05, 3.63) is 29.3 Å². The summed E-state index contributed by atoms with van der Waals surface area (Å²) < 4.78 is 27.3. The molecular weight excluding hydrogens is 330 g/mol. The average Bonchev–Trinajstić information content (AvgIpc) is 2.74. The van der Waals surface area contributed by atoms with Crippen molar-refractivity contribution in [1.29, 1.82) is 0 Å². The minimum Gasteiger partial charge on any atom is -0.327 e. The maximum atomic E-state index is 12.9. The standard InChI is InChI=1S/C16H21N3O4S/c1-16(2)9-19(7-6-13(16)17)24(22,23)10-4-5-11-12(8-10)15(21)18(3)14(11)20/h4-5,8,13H,6-7,9,17H2,1-3H3. The van der Waals surface area contributed by atoms with Gasteiger partial charge in [-0.1, -0.05) is 13.8 Å². The van der Waals surface area contributed by atoms with Crippen LogP contribution in [-0.4, -0.2) is 55.6 Å². The average molecular weight is 351 g/mol. The Morgan fingerprint density at radius 3 is 2.42 bits per heavy atom. The van der Waals surface area contributed by atoms with Crippen molar-refractivity contribution < 1.29 is 18.0 Å². The molecule has 2 aliphatic rings. The molecule has 3 rings (SSSR count). The zero-order chi connectivity index (χ0) is 17.9. The molecule has 0 aromatic heterocycles. The lowest BCUT2D eigenvalue weighted by Crippen LogP contribution is -2.53. The number of carbonyl (C=O) groups excluding carboxylic acids is 2. The van der Waals surface area contributed by atoms with Crippen LogP contribution in [0.3, 0.4) is 0 Å². The molecule has 2 N–H and O–H groups in total. The molecule has 2 heterocycles. The summed E-state index contributed by atoms with van der Waals surface area (Å²) in [5, 5.41) is 0. The van der Waals surface area contributed by atoms with Gasteiger partial charge in [-0.2, -0.15) is 4.31 Å². The molecule has 1 unspecified atom stereocenters. The van der Waals surface area contributed by atoms with Crippen LogP contribution in [0.15, 0.2) is 23.1 Å². The van der Waals surface area contributed by atoms with Crippen molar-refractivity contribution >= 4 is 21.8 Å². The Morgan fingerprint density at radius 1 is 1.17 bits per heavy atom. The van der Waals surface area contributed by atoms with Gasteiger partial charge in [0.2, 0.25) is 10.0 Å². The number of fused-ring (bicyclic) bond motifs is 1. The maximum Gasteiger partial charge on any atom is 0.261 e. The molecule has 8 heteroatoms. The van der Waals surface area contributed by atoms with Gasteiger partial charge in [0.1, 0.15) is 0 Å². The van der Waals surface area contributed by atoms with Gasteiger partial charge in [-0.25, -0.2) is 8.42 Å². The smallest absolute Gasteiger partial charge is 0.261 e. The van der Waals surface area contributed by atoms with Crippen molar-refractivity contribution in [2.45, 2.75) is 31.2 Å². The fourth-order valence-electron chi connectivity index (χ4n) is 3.18. The first-order chi connectivity index (χ1) is 11.1. The van der Waals surface area contributed by atoms with Gasteiger partial charge in [0.15, 0.2) is 0 Å². The van der Waals surface area contributed by atoms with E-state index in [2.05, 4.69) is 0 Å². The fraction of sp³-hybridized carbons (Fsp3) is 0.500. The molecule has 0 saturated carbocycles. The lowest BCUT2D eigenvalue weighted by Gasteiger charge is -2.41. The van der Waals surface area contributed by atoms with Crippen molar-refractivity contribution in [2.75, 3.05) is 20.1 Å². The summed E-state index contributed by atoms with van der Waals surface area (Å²) in [6.07, 6.45) is 0.581. The number of benzene rings is 1. The molecule has 1 atom stereocenters. The molecule has 1 aromatic rings. The predicted molar refractivity (Wildman–Crippen MR) is 88.0 cm³/mol. The highest BCUT2D eigenvalue weighted by molar-refractivity contribution is 7.89. The summed E-state index contributed by atoms with van der Waals surface area (Å²) in [5.74, 6) is -0.892. The summed E-state index contributed by atoms with van der Waals surface area (Å²) in [6.45, 7) is 4.55. The highest BCUT2D eigenvalue weighted by atomic mass is 32.2. The number of carbonyl (C=O) groups is 2. The minimum absolute atomic E-state index is 0.0315. The molecule has 0 spiro atoms. The van der Waals surface area contributed by atoms with E-state index in [0.717, 1.165) is 4.90 Å². The molecule has 2 amide bonds. The third kappa shape index (κ3) is 2.45. The second-order valence-corrected chi connectivity index (χ2v) is 9.04. The number of imide groups is 1. The first-order valence-corrected chi connectivity index (χ1v) is 9.22. The molecule has 1 aromatic carbocycles. The van der Waals surface area contributed by atoms with Crippen LogP contribution in [0.25, 0.3) is 0 Å². The molecule has 24 heavy (non-hydrogen) atoms. The zero-order valence-corrected chi connectivity index (χ0v) is 14.8. The van der Waals surface area contributed by atoms with E-state index in [1.165, 1.54) is 29.6 Å². The van der Waals surface area contributed by atoms with Gasteiger partial charge in [-0.3, -0.25) is 14.5 Å².